The molecule has 1 aromatic heterocycles. The van der Waals surface area contributed by atoms with E-state index in [1.807, 2.05) is 57.3 Å². The maximum Gasteiger partial charge on any atom is 0.328 e. The number of aromatic nitrogens is 1. The highest BCUT2D eigenvalue weighted by Crippen LogP contribution is 2.24. The van der Waals surface area contributed by atoms with Gasteiger partial charge in [-0.05, 0) is 24.3 Å². The van der Waals surface area contributed by atoms with Crippen LogP contribution in [0.4, 0.5) is 0 Å². The summed E-state index contributed by atoms with van der Waals surface area (Å²) in [6, 6.07) is 7.08. The third-order valence-corrected chi connectivity index (χ3v) is 4.42. The Balaban J connectivity index is 2.34. The zero-order chi connectivity index (χ0) is 19.3. The number of hydrogen-bond acceptors (Lipinski definition) is 3. The molecule has 5 heteroatoms. The Labute approximate surface area is 155 Å². The van der Waals surface area contributed by atoms with Gasteiger partial charge in [-0.2, -0.15) is 0 Å². The van der Waals surface area contributed by atoms with Crippen molar-refractivity contribution >= 4 is 22.8 Å². The molecule has 140 valence electrons. The molecule has 1 atom stereocenters. The van der Waals surface area contributed by atoms with Gasteiger partial charge in [-0.15, -0.1) is 6.58 Å². The van der Waals surface area contributed by atoms with Crippen LogP contribution in [0.15, 0.2) is 43.1 Å². The summed E-state index contributed by atoms with van der Waals surface area (Å²) in [6.07, 6.45) is 5.63. The lowest BCUT2D eigenvalue weighted by molar-refractivity contribution is -0.145. The maximum atomic E-state index is 12.9. The molecule has 2 rings (SSSR count). The number of rotatable bonds is 7. The average molecular weight is 356 g/mol. The number of fused-ring (bicyclic) bond motifs is 1. The standard InChI is InChI=1S/C21H28N2O3/c1-6-7-10-13-23-14-16(15-11-8-9-12-17(15)23)19(24)22-18(20(25)26-5)21(2,3)4/h6,8-9,11-12,14,18H,1,7,10,13H2,2-5H3,(H,22,24)/t18-/m1/s1. The van der Waals surface area contributed by atoms with Crippen molar-refractivity contribution in [2.24, 2.45) is 5.41 Å². The number of hydrogen-bond donors (Lipinski definition) is 1. The van der Waals surface area contributed by atoms with Crippen LogP contribution in [0, 0.1) is 5.41 Å². The van der Waals surface area contributed by atoms with Gasteiger partial charge in [-0.3, -0.25) is 4.79 Å². The molecule has 5 nitrogen and oxygen atoms in total. The molecule has 1 amide bonds. The van der Waals surface area contributed by atoms with Gasteiger partial charge in [0.2, 0.25) is 0 Å². The molecule has 1 heterocycles. The predicted molar refractivity (Wildman–Crippen MR) is 104 cm³/mol. The van der Waals surface area contributed by atoms with Crippen molar-refractivity contribution in [1.29, 1.82) is 0 Å². The third kappa shape index (κ3) is 4.34. The minimum Gasteiger partial charge on any atom is -0.467 e. The second-order valence-corrected chi connectivity index (χ2v) is 7.48. The molecule has 0 bridgehead atoms. The quantitative estimate of drug-likeness (QED) is 0.465. The minimum atomic E-state index is -0.720. The van der Waals surface area contributed by atoms with Crippen LogP contribution in [0.25, 0.3) is 10.9 Å². The van der Waals surface area contributed by atoms with E-state index in [9.17, 15) is 9.59 Å². The second kappa shape index (κ2) is 8.21. The molecule has 0 saturated carbocycles. The van der Waals surface area contributed by atoms with Gasteiger partial charge in [0.15, 0.2) is 0 Å². The SMILES string of the molecule is C=CCCCn1cc(C(=O)N[C@H](C(=O)OC)C(C)(C)C)c2ccccc21. The maximum absolute atomic E-state index is 12.9. The van der Waals surface area contributed by atoms with Crippen molar-refractivity contribution in [1.82, 2.24) is 9.88 Å². The molecule has 0 unspecified atom stereocenters. The summed E-state index contributed by atoms with van der Waals surface area (Å²) in [5.41, 5.74) is 1.12. The second-order valence-electron chi connectivity index (χ2n) is 7.48. The molecule has 0 saturated heterocycles. The van der Waals surface area contributed by atoms with E-state index < -0.39 is 17.4 Å². The van der Waals surface area contributed by atoms with E-state index in [1.165, 1.54) is 7.11 Å². The Morgan fingerprint density at radius 2 is 2.00 bits per heavy atom. The molecule has 0 aliphatic rings. The smallest absolute Gasteiger partial charge is 0.328 e. The molecule has 0 radical (unpaired) electrons. The molecule has 1 aromatic carbocycles. The van der Waals surface area contributed by atoms with Crippen molar-refractivity contribution in [2.75, 3.05) is 7.11 Å². The number of ether oxygens (including phenoxy) is 1. The molecular weight excluding hydrogens is 328 g/mol. The number of para-hydroxylation sites is 1. The molecule has 26 heavy (non-hydrogen) atoms. The molecule has 1 N–H and O–H groups in total. The summed E-state index contributed by atoms with van der Waals surface area (Å²) in [5.74, 6) is -0.713. The first-order chi connectivity index (χ1) is 12.3. The fraction of sp³-hybridized carbons (Fsp3) is 0.429. The highest BCUT2D eigenvalue weighted by molar-refractivity contribution is 6.08. The van der Waals surface area contributed by atoms with Gasteiger partial charge in [0.1, 0.15) is 6.04 Å². The van der Waals surface area contributed by atoms with E-state index in [-0.39, 0.29) is 5.91 Å². The third-order valence-electron chi connectivity index (χ3n) is 4.42. The average Bonchev–Trinajstić information content (AvgIpc) is 2.97. The number of methoxy groups -OCH3 is 1. The monoisotopic (exact) mass is 356 g/mol. The van der Waals surface area contributed by atoms with E-state index in [0.29, 0.717) is 5.56 Å². The fourth-order valence-electron chi connectivity index (χ4n) is 2.97. The Kier molecular flexibility index (Phi) is 6.24. The van der Waals surface area contributed by atoms with Crippen molar-refractivity contribution < 1.29 is 14.3 Å². The first-order valence-corrected chi connectivity index (χ1v) is 8.87. The van der Waals surface area contributed by atoms with Gasteiger partial charge in [0.25, 0.3) is 5.91 Å². The zero-order valence-electron chi connectivity index (χ0n) is 16.0. The van der Waals surface area contributed by atoms with Gasteiger partial charge in [0.05, 0.1) is 12.7 Å². The summed E-state index contributed by atoms with van der Waals surface area (Å²) < 4.78 is 6.95. The van der Waals surface area contributed by atoms with E-state index >= 15 is 0 Å². The van der Waals surface area contributed by atoms with E-state index in [4.69, 9.17) is 4.74 Å². The Hall–Kier alpha value is -2.56. The molecule has 0 aliphatic heterocycles. The van der Waals surface area contributed by atoms with E-state index in [0.717, 1.165) is 30.3 Å². The number of esters is 1. The van der Waals surface area contributed by atoms with Crippen LogP contribution in [0.3, 0.4) is 0 Å². The van der Waals surface area contributed by atoms with Crippen LogP contribution in [0.1, 0.15) is 44.0 Å². The summed E-state index contributed by atoms with van der Waals surface area (Å²) in [5, 5.41) is 3.73. The van der Waals surface area contributed by atoms with E-state index in [1.54, 1.807) is 0 Å². The lowest BCUT2D eigenvalue weighted by Crippen LogP contribution is -2.49. The number of aryl methyl sites for hydroxylation is 1. The number of unbranched alkanes of at least 4 members (excludes halogenated alkanes) is 1. The Bertz CT molecular complexity index is 799. The van der Waals surface area contributed by atoms with Gasteiger partial charge >= 0.3 is 5.97 Å². The first-order valence-electron chi connectivity index (χ1n) is 8.87. The number of benzene rings is 1. The van der Waals surface area contributed by atoms with Gasteiger partial charge < -0.3 is 14.6 Å². The van der Waals surface area contributed by atoms with Crippen molar-refractivity contribution in [3.8, 4) is 0 Å². The molecule has 2 aromatic rings. The van der Waals surface area contributed by atoms with Crippen LogP contribution in [-0.2, 0) is 16.1 Å². The molecule has 0 fully saturated rings. The van der Waals surface area contributed by atoms with E-state index in [2.05, 4.69) is 16.5 Å². The van der Waals surface area contributed by atoms with Crippen molar-refractivity contribution in [3.63, 3.8) is 0 Å². The Morgan fingerprint density at radius 3 is 2.62 bits per heavy atom. The fourth-order valence-corrected chi connectivity index (χ4v) is 2.97. The lowest BCUT2D eigenvalue weighted by Gasteiger charge is -2.28. The number of nitrogens with one attached hydrogen (secondary N) is 1. The summed E-state index contributed by atoms with van der Waals surface area (Å²) >= 11 is 0. The van der Waals surface area contributed by atoms with Crippen LogP contribution in [-0.4, -0.2) is 29.6 Å². The number of allylic oxidation sites excluding steroid dienone is 1. The zero-order valence-corrected chi connectivity index (χ0v) is 16.0. The largest absolute Gasteiger partial charge is 0.467 e. The lowest BCUT2D eigenvalue weighted by atomic mass is 9.86. The first kappa shape index (κ1) is 19.8. The number of carbonyl (C=O) groups excluding carboxylic acids is 2. The van der Waals surface area contributed by atoms with Gasteiger partial charge in [0, 0.05) is 23.6 Å². The topological polar surface area (TPSA) is 60.3 Å². The Morgan fingerprint density at radius 1 is 1.31 bits per heavy atom. The van der Waals surface area contributed by atoms with Crippen molar-refractivity contribution in [3.05, 3.63) is 48.7 Å². The predicted octanol–water partition coefficient (Wildman–Crippen LogP) is 3.93. The molecular formula is C21H28N2O3. The van der Waals surface area contributed by atoms with Gasteiger partial charge in [-0.1, -0.05) is 45.0 Å². The molecule has 0 aliphatic carbocycles. The van der Waals surface area contributed by atoms with Gasteiger partial charge in [-0.25, -0.2) is 4.79 Å². The number of nitrogens with zero attached hydrogens (tertiary/aromatic N) is 1. The van der Waals surface area contributed by atoms with Crippen LogP contribution < -0.4 is 5.32 Å². The summed E-state index contributed by atoms with van der Waals surface area (Å²) in [4.78, 5) is 25.0. The summed E-state index contributed by atoms with van der Waals surface area (Å²) in [6.45, 7) is 10.2. The highest BCUT2D eigenvalue weighted by Gasteiger charge is 2.34. The number of carbonyl (C=O) groups is 2. The minimum absolute atomic E-state index is 0.269. The molecule has 0 spiro atoms. The normalized spacial score (nSPS) is 12.6. The van der Waals surface area contributed by atoms with Crippen LogP contribution in [0.2, 0.25) is 0 Å². The summed E-state index contributed by atoms with van der Waals surface area (Å²) in [7, 11) is 1.33. The van der Waals surface area contributed by atoms with Crippen LogP contribution in [0.5, 0.6) is 0 Å². The number of amides is 1. The van der Waals surface area contributed by atoms with Crippen LogP contribution >= 0.6 is 0 Å². The van der Waals surface area contributed by atoms with Crippen molar-refractivity contribution in [2.45, 2.75) is 46.2 Å². The highest BCUT2D eigenvalue weighted by atomic mass is 16.5.